The molecule has 0 N–H and O–H groups in total. The van der Waals surface area contributed by atoms with Crippen molar-refractivity contribution in [1.82, 2.24) is 4.57 Å². The fourth-order valence-corrected chi connectivity index (χ4v) is 4.43. The molecule has 0 fully saturated rings. The highest BCUT2D eigenvalue weighted by molar-refractivity contribution is 6.76. The van der Waals surface area contributed by atoms with Gasteiger partial charge in [0.05, 0.1) is 0 Å². The van der Waals surface area contributed by atoms with Gasteiger partial charge in [0.1, 0.15) is 0 Å². The minimum atomic E-state index is -0.967. The lowest BCUT2D eigenvalue weighted by Crippen LogP contribution is -2.19. The van der Waals surface area contributed by atoms with Gasteiger partial charge in [0.25, 0.3) is 0 Å². The van der Waals surface area contributed by atoms with E-state index < -0.39 is 8.07 Å². The monoisotopic (exact) mass is 307 g/mol. The van der Waals surface area contributed by atoms with Gasteiger partial charge in [-0.05, 0) is 30.2 Å². The molecule has 1 heterocycles. The molecule has 0 aliphatic carbocycles. The van der Waals surface area contributed by atoms with Crippen molar-refractivity contribution in [2.45, 2.75) is 38.7 Å². The molecule has 0 radical (unpaired) electrons. The Morgan fingerprint density at radius 1 is 1.00 bits per heavy atom. The van der Waals surface area contributed by atoms with Crippen LogP contribution in [0.2, 0.25) is 25.7 Å². The van der Waals surface area contributed by atoms with Gasteiger partial charge in [-0.25, -0.2) is 0 Å². The molecule has 0 aliphatic rings. The van der Waals surface area contributed by atoms with Crippen LogP contribution >= 0.6 is 0 Å². The molecule has 1 aromatic heterocycles. The van der Waals surface area contributed by atoms with Crippen LogP contribution in [0.4, 0.5) is 0 Å². The molecule has 22 heavy (non-hydrogen) atoms. The van der Waals surface area contributed by atoms with Gasteiger partial charge >= 0.3 is 0 Å². The first-order chi connectivity index (χ1) is 10.5. The molecule has 0 spiro atoms. The van der Waals surface area contributed by atoms with Crippen molar-refractivity contribution < 1.29 is 0 Å². The number of para-hydroxylation sites is 1. The molecule has 2 heteroatoms. The number of benzene rings is 2. The Kier molecular flexibility index (Phi) is 3.96. The Labute approximate surface area is 134 Å². The Bertz CT molecular complexity index is 821. The highest BCUT2D eigenvalue weighted by Gasteiger charge is 2.14. The predicted molar refractivity (Wildman–Crippen MR) is 102 cm³/mol. The van der Waals surface area contributed by atoms with Crippen molar-refractivity contribution in [3.8, 4) is 0 Å². The van der Waals surface area contributed by atoms with Gasteiger partial charge in [0.15, 0.2) is 0 Å². The molecule has 0 amide bonds. The number of nitrogens with zero attached hydrogens (tertiary/aromatic N) is 1. The van der Waals surface area contributed by atoms with Crippen molar-refractivity contribution in [3.05, 3.63) is 54.6 Å². The zero-order valence-corrected chi connectivity index (χ0v) is 14.9. The first kappa shape index (κ1) is 15.1. The molecule has 0 atom stereocenters. The largest absolute Gasteiger partial charge is 0.340 e. The number of hydrogen-bond acceptors (Lipinski definition) is 0. The van der Waals surface area contributed by atoms with Crippen molar-refractivity contribution in [2.75, 3.05) is 0 Å². The maximum absolute atomic E-state index is 3.90. The fourth-order valence-electron chi connectivity index (χ4n) is 3.21. The summed E-state index contributed by atoms with van der Waals surface area (Å²) in [5, 5.41) is 2.70. The van der Waals surface area contributed by atoms with Crippen LogP contribution < -0.4 is 0 Å². The second kappa shape index (κ2) is 5.77. The second-order valence-corrected chi connectivity index (χ2v) is 12.9. The highest BCUT2D eigenvalue weighted by Crippen LogP contribution is 2.30. The summed E-state index contributed by atoms with van der Waals surface area (Å²) in [6.45, 7) is 12.4. The lowest BCUT2D eigenvalue weighted by atomic mass is 10.1. The Hall–Kier alpha value is -1.80. The van der Waals surface area contributed by atoms with E-state index in [1.807, 2.05) is 6.08 Å². The van der Waals surface area contributed by atoms with Gasteiger partial charge in [-0.1, -0.05) is 62.6 Å². The third-order valence-corrected chi connectivity index (χ3v) is 6.19. The van der Waals surface area contributed by atoms with Crippen molar-refractivity contribution in [1.29, 1.82) is 0 Å². The number of rotatable bonds is 5. The lowest BCUT2D eigenvalue weighted by Gasteiger charge is -2.16. The minimum Gasteiger partial charge on any atom is -0.340 e. The van der Waals surface area contributed by atoms with E-state index in [-0.39, 0.29) is 0 Å². The van der Waals surface area contributed by atoms with Gasteiger partial charge in [-0.15, -0.1) is 0 Å². The molecule has 0 aliphatic heterocycles. The van der Waals surface area contributed by atoms with E-state index in [0.717, 1.165) is 6.54 Å². The average Bonchev–Trinajstić information content (AvgIpc) is 2.80. The quantitative estimate of drug-likeness (QED) is 0.497. The molecular formula is C20H25NSi. The van der Waals surface area contributed by atoms with E-state index in [2.05, 4.69) is 73.3 Å². The number of fused-ring (bicyclic) bond motifs is 3. The van der Waals surface area contributed by atoms with Gasteiger partial charge in [-0.2, -0.15) is 0 Å². The van der Waals surface area contributed by atoms with Gasteiger partial charge in [0.2, 0.25) is 0 Å². The highest BCUT2D eigenvalue weighted by atomic mass is 28.3. The van der Waals surface area contributed by atoms with Crippen LogP contribution in [0.15, 0.2) is 49.0 Å². The van der Waals surface area contributed by atoms with E-state index >= 15 is 0 Å². The Morgan fingerprint density at radius 2 is 1.73 bits per heavy atom. The first-order valence-electron chi connectivity index (χ1n) is 8.13. The summed E-state index contributed by atoms with van der Waals surface area (Å²) in [4.78, 5) is 0. The van der Waals surface area contributed by atoms with Crippen LogP contribution in [0.25, 0.3) is 27.9 Å². The summed E-state index contributed by atoms with van der Waals surface area (Å²) in [6.07, 6.45) is 3.20. The maximum atomic E-state index is 3.90. The normalized spacial score (nSPS) is 12.1. The summed E-state index contributed by atoms with van der Waals surface area (Å²) in [7, 11) is -0.967. The van der Waals surface area contributed by atoms with Crippen LogP contribution in [0.5, 0.6) is 0 Å². The van der Waals surface area contributed by atoms with Gasteiger partial charge < -0.3 is 4.57 Å². The lowest BCUT2D eigenvalue weighted by molar-refractivity contribution is 0.716. The molecule has 3 aromatic rings. The molecule has 0 saturated heterocycles. The van der Waals surface area contributed by atoms with E-state index in [0.29, 0.717) is 0 Å². The van der Waals surface area contributed by atoms with Crippen LogP contribution in [0.3, 0.4) is 0 Å². The number of aryl methyl sites for hydroxylation is 1. The summed E-state index contributed by atoms with van der Waals surface area (Å²) in [5.74, 6) is 0. The smallest absolute Gasteiger partial charge is 0.0491 e. The molecule has 1 nitrogen and oxygen atoms in total. The average molecular weight is 308 g/mol. The number of aromatic nitrogens is 1. The molecule has 2 aromatic carbocycles. The second-order valence-electron chi connectivity index (χ2n) is 7.31. The van der Waals surface area contributed by atoms with Gasteiger partial charge in [-0.3, -0.25) is 0 Å². The third-order valence-electron chi connectivity index (χ3n) is 4.34. The van der Waals surface area contributed by atoms with Crippen LogP contribution in [-0.2, 0) is 6.54 Å². The first-order valence-corrected chi connectivity index (χ1v) is 11.8. The summed E-state index contributed by atoms with van der Waals surface area (Å²) in [5.41, 5.74) is 3.90. The molecule has 0 unspecified atom stereocenters. The summed E-state index contributed by atoms with van der Waals surface area (Å²) in [6, 6.07) is 16.8. The predicted octanol–water partition coefficient (Wildman–Crippen LogP) is 6.17. The molecule has 0 saturated carbocycles. The zero-order chi connectivity index (χ0) is 15.7. The topological polar surface area (TPSA) is 4.93 Å². The molecule has 114 valence electrons. The van der Waals surface area contributed by atoms with Crippen LogP contribution in [0, 0.1) is 0 Å². The fraction of sp³-hybridized carbons (Fsp3) is 0.300. The Morgan fingerprint density at radius 3 is 2.45 bits per heavy atom. The van der Waals surface area contributed by atoms with Crippen molar-refractivity contribution in [2.24, 2.45) is 0 Å². The zero-order valence-electron chi connectivity index (χ0n) is 13.9. The molecule has 0 bridgehead atoms. The molecular weight excluding hydrogens is 282 g/mol. The third kappa shape index (κ3) is 2.88. The van der Waals surface area contributed by atoms with E-state index in [1.165, 1.54) is 39.8 Å². The van der Waals surface area contributed by atoms with Crippen LogP contribution in [0.1, 0.15) is 12.0 Å². The number of hydrogen-bond donors (Lipinski definition) is 0. The summed E-state index contributed by atoms with van der Waals surface area (Å²) < 4.78 is 2.50. The van der Waals surface area contributed by atoms with E-state index in [9.17, 15) is 0 Å². The van der Waals surface area contributed by atoms with Crippen LogP contribution in [-0.4, -0.2) is 12.6 Å². The SMILES string of the molecule is C=Cc1ccc2c(c1)c1ccccc1n2CCC[Si](C)(C)C. The Balaban J connectivity index is 2.08. The van der Waals surface area contributed by atoms with Gasteiger partial charge in [0, 0.05) is 36.4 Å². The van der Waals surface area contributed by atoms with Crippen molar-refractivity contribution in [3.63, 3.8) is 0 Å². The summed E-state index contributed by atoms with van der Waals surface area (Å²) >= 11 is 0. The van der Waals surface area contributed by atoms with E-state index in [1.54, 1.807) is 0 Å². The van der Waals surface area contributed by atoms with E-state index in [4.69, 9.17) is 0 Å². The van der Waals surface area contributed by atoms with Crippen molar-refractivity contribution >= 4 is 36.0 Å². The standard InChI is InChI=1S/C20H25NSi/c1-5-16-11-12-20-18(15-16)17-9-6-7-10-19(17)21(20)13-8-14-22(2,3)4/h5-7,9-12,15H,1,8,13-14H2,2-4H3. The minimum absolute atomic E-state index is 0.967. The maximum Gasteiger partial charge on any atom is 0.0491 e. The molecule has 3 rings (SSSR count).